The monoisotopic (exact) mass is 860 g/mol. The van der Waals surface area contributed by atoms with Gasteiger partial charge in [-0.25, -0.2) is 0 Å². The van der Waals surface area contributed by atoms with E-state index in [1.807, 2.05) is 54.6 Å². The second-order valence-electron chi connectivity index (χ2n) is 11.7. The third kappa shape index (κ3) is 13.5. The Labute approximate surface area is 339 Å². The lowest BCUT2D eigenvalue weighted by Gasteiger charge is -2.10. The molecule has 6 aromatic carbocycles. The zero-order valence-corrected chi connectivity index (χ0v) is 32.9. The molecule has 6 aromatic rings. The first-order valence-corrected chi connectivity index (χ1v) is 19.9. The average Bonchev–Trinajstić information content (AvgIpc) is 3.19. The molecule has 0 aliphatic heterocycles. The van der Waals surface area contributed by atoms with Gasteiger partial charge in [-0.3, -0.25) is 4.55 Å². The molecule has 6 N–H and O–H groups in total. The van der Waals surface area contributed by atoms with Crippen LogP contribution in [0.15, 0.2) is 141 Å². The number of phenolic OH excluding ortho intramolecular Hbond substituents is 1. The zero-order chi connectivity index (χ0) is 43.1. The van der Waals surface area contributed by atoms with Gasteiger partial charge < -0.3 is 26.0 Å². The van der Waals surface area contributed by atoms with Gasteiger partial charge in [0.1, 0.15) is 22.0 Å². The number of phenols is 1. The highest BCUT2D eigenvalue weighted by Crippen LogP contribution is 2.40. The fourth-order valence-corrected chi connectivity index (χ4v) is 5.90. The number of ether oxygens (including phenoxy) is 1. The zero-order valence-electron chi connectivity index (χ0n) is 30.4. The van der Waals surface area contributed by atoms with E-state index in [1.165, 1.54) is 19.2 Å². The number of nitrogens with two attached hydrogens (primary N) is 1. The Kier molecular flexibility index (Phi) is 15.7. The Morgan fingerprint density at radius 1 is 0.712 bits per heavy atom. The summed E-state index contributed by atoms with van der Waals surface area (Å²) in [7, 11) is -9.21. The first-order chi connectivity index (χ1) is 28.1. The average molecular weight is 861 g/mol. The number of rotatable bonds is 11. The molecule has 0 spiro atoms. The fraction of sp³-hybridized carbons (Fsp3) is 0.0526. The van der Waals surface area contributed by atoms with Crippen LogP contribution < -0.4 is 15.8 Å². The third-order valence-electron chi connectivity index (χ3n) is 7.79. The summed E-state index contributed by atoms with van der Waals surface area (Å²) in [4.78, 5) is -0.287. The molecule has 0 radical (unpaired) electrons. The van der Waals surface area contributed by atoms with E-state index in [4.69, 9.17) is 35.7 Å². The summed E-state index contributed by atoms with van der Waals surface area (Å²) < 4.78 is 89.2. The van der Waals surface area contributed by atoms with Crippen molar-refractivity contribution in [1.29, 1.82) is 0 Å². The number of benzene rings is 6. The third-order valence-corrected chi connectivity index (χ3v) is 8.70. The lowest BCUT2D eigenvalue weighted by molar-refractivity contribution is 0.282. The molecule has 0 aliphatic carbocycles. The van der Waals surface area contributed by atoms with E-state index in [9.17, 15) is 23.2 Å². The van der Waals surface area contributed by atoms with Crippen molar-refractivity contribution in [3.8, 4) is 11.5 Å². The van der Waals surface area contributed by atoms with E-state index >= 15 is 0 Å². The van der Waals surface area contributed by atoms with Gasteiger partial charge in [-0.1, -0.05) is 54.6 Å². The summed E-state index contributed by atoms with van der Waals surface area (Å²) in [6, 6.07) is 33.3. The number of hydrogen-bond acceptors (Lipinski definition) is 17. The van der Waals surface area contributed by atoms with Crippen LogP contribution in [0.5, 0.6) is 11.5 Å². The molecular weight excluding hydrogens is 829 g/mol. The molecule has 0 bridgehead atoms. The van der Waals surface area contributed by atoms with E-state index < -0.39 is 31.3 Å². The quantitative estimate of drug-likeness (QED) is 0.0363. The fourth-order valence-electron chi connectivity index (χ4n) is 5.18. The van der Waals surface area contributed by atoms with Crippen molar-refractivity contribution in [2.45, 2.75) is 11.5 Å². The molecule has 0 fully saturated rings. The second kappa shape index (κ2) is 20.8. The highest BCUT2D eigenvalue weighted by Gasteiger charge is 2.15. The Morgan fingerprint density at radius 2 is 1.36 bits per heavy atom. The van der Waals surface area contributed by atoms with Crippen LogP contribution in [0.25, 0.3) is 22.9 Å². The Hall–Kier alpha value is -7.17. The van der Waals surface area contributed by atoms with Crippen molar-refractivity contribution in [3.05, 3.63) is 132 Å². The van der Waals surface area contributed by atoms with Crippen molar-refractivity contribution < 1.29 is 53.2 Å². The first-order valence-electron chi connectivity index (χ1n) is 16.5. The molecule has 0 atom stereocenters. The van der Waals surface area contributed by atoms with Gasteiger partial charge in [0.05, 0.1) is 25.1 Å². The van der Waals surface area contributed by atoms with E-state index in [0.29, 0.717) is 33.8 Å². The summed E-state index contributed by atoms with van der Waals surface area (Å²) in [5.41, 5.74) is 10.6. The number of para-hydroxylation sites is 1. The number of nitrogen functional groups attached to an aromatic ring is 1. The van der Waals surface area contributed by atoms with Gasteiger partial charge in [-0.15, -0.1) is 35.5 Å². The van der Waals surface area contributed by atoms with Crippen LogP contribution in [0.1, 0.15) is 16.7 Å². The molecule has 21 heteroatoms. The predicted octanol–water partition coefficient (Wildman–Crippen LogP) is 7.61. The number of hydrogen-bond donors (Lipinski definition) is 5. The minimum Gasteiger partial charge on any atom is -0.505 e. The van der Waals surface area contributed by atoms with Gasteiger partial charge in [-0.2, -0.15) is 18.6 Å². The van der Waals surface area contributed by atoms with Gasteiger partial charge >= 0.3 is 21.2 Å². The molecule has 18 nitrogen and oxygen atoms in total. The highest BCUT2D eigenvalue weighted by molar-refractivity contribution is 7.86. The molecule has 304 valence electrons. The van der Waals surface area contributed by atoms with Crippen LogP contribution in [0.4, 0.5) is 39.8 Å². The Bertz CT molecular complexity index is 2850. The van der Waals surface area contributed by atoms with Crippen LogP contribution >= 0.6 is 0 Å². The second-order valence-corrected chi connectivity index (χ2v) is 13.9. The van der Waals surface area contributed by atoms with Crippen molar-refractivity contribution in [3.63, 3.8) is 0 Å². The van der Waals surface area contributed by atoms with Crippen molar-refractivity contribution in [2.24, 2.45) is 20.5 Å². The van der Waals surface area contributed by atoms with E-state index in [0.717, 1.165) is 22.3 Å². The van der Waals surface area contributed by atoms with Gasteiger partial charge in [0.25, 0.3) is 10.1 Å². The molecule has 0 saturated heterocycles. The molecule has 0 saturated carbocycles. The topological polar surface area (TPSA) is 294 Å². The minimum absolute atomic E-state index is 0.0242. The SMILES string of the molecule is COc1cc(N=Nc2ccc(C=Cc3ccc(N)cc3S(=O)(=O)O)cc2)c(CO)cc1N=Nc1ccc2cc(Nc3ccccc3)ccc2c1O.O=S(=O)=O.O=S(=O)=O. The molecule has 0 unspecified atom stereocenters. The van der Waals surface area contributed by atoms with Crippen LogP contribution in [0, 0.1) is 0 Å². The number of fused-ring (bicyclic) bond motifs is 1. The van der Waals surface area contributed by atoms with Gasteiger partial charge in [0.15, 0.2) is 5.75 Å². The van der Waals surface area contributed by atoms with Crippen molar-refractivity contribution in [1.82, 2.24) is 0 Å². The summed E-state index contributed by atoms with van der Waals surface area (Å²) in [6.45, 7) is -0.359. The van der Waals surface area contributed by atoms with Crippen molar-refractivity contribution in [2.75, 3.05) is 18.2 Å². The number of methoxy groups -OCH3 is 1. The molecule has 0 aromatic heterocycles. The molecule has 6 rings (SSSR count). The summed E-state index contributed by atoms with van der Waals surface area (Å²) in [5, 5.41) is 43.1. The van der Waals surface area contributed by atoms with Gasteiger partial charge in [-0.05, 0) is 83.2 Å². The van der Waals surface area contributed by atoms with E-state index in [1.54, 1.807) is 60.7 Å². The number of anilines is 3. The van der Waals surface area contributed by atoms with Crippen molar-refractivity contribution >= 4 is 94.1 Å². The summed E-state index contributed by atoms with van der Waals surface area (Å²) >= 11 is 0. The molecule has 0 amide bonds. The summed E-state index contributed by atoms with van der Waals surface area (Å²) in [6.07, 6.45) is 3.24. The van der Waals surface area contributed by atoms with Crippen LogP contribution in [-0.2, 0) is 37.9 Å². The number of aliphatic hydroxyl groups is 1. The van der Waals surface area contributed by atoms with E-state index in [-0.39, 0.29) is 34.2 Å². The highest BCUT2D eigenvalue weighted by atomic mass is 32.2. The maximum atomic E-state index is 11.7. The Morgan fingerprint density at radius 3 is 1.98 bits per heavy atom. The van der Waals surface area contributed by atoms with E-state index in [2.05, 4.69) is 25.8 Å². The maximum Gasteiger partial charge on any atom is 0.425 e. The smallest absolute Gasteiger partial charge is 0.425 e. The minimum atomic E-state index is -4.46. The molecule has 59 heavy (non-hydrogen) atoms. The van der Waals surface area contributed by atoms with Gasteiger partial charge in [0, 0.05) is 34.1 Å². The number of azo groups is 2. The first kappa shape index (κ1) is 44.5. The van der Waals surface area contributed by atoms with Gasteiger partial charge in [0.2, 0.25) is 0 Å². The number of aromatic hydroxyl groups is 1. The van der Waals surface area contributed by atoms with Crippen LogP contribution in [0.3, 0.4) is 0 Å². The normalized spacial score (nSPS) is 11.2. The maximum absolute atomic E-state index is 11.7. The summed E-state index contributed by atoms with van der Waals surface area (Å²) in [5.74, 6) is 0.304. The molecular formula is C38H32N6O12S3. The number of nitrogens with zero attached hydrogens (tertiary/aromatic N) is 4. The molecule has 0 aliphatic rings. The van der Waals surface area contributed by atoms with Crippen LogP contribution in [-0.4, -0.2) is 55.5 Å². The number of nitrogens with one attached hydrogen (secondary N) is 1. The van der Waals surface area contributed by atoms with Crippen LogP contribution in [0.2, 0.25) is 0 Å². The predicted molar refractivity (Wildman–Crippen MR) is 218 cm³/mol. The number of aliphatic hydroxyl groups excluding tert-OH is 1. The lowest BCUT2D eigenvalue weighted by Crippen LogP contribution is -2.02. The molecule has 0 heterocycles. The Balaban J connectivity index is 0.000000882. The largest absolute Gasteiger partial charge is 0.505 e. The standard InChI is InChI=1S/C38H32N6O6S.2O3S/c1-50-36-22-34(43-41-30-14-8-24(9-15-30)7-10-25-11-13-28(39)21-37(25)51(47,48)49)27(23-45)20-35(36)44-42-33-18-12-26-19-31(16-17-32(26)38(33)46)40-29-5-3-2-4-6-29;2*1-4(2)3/h2-22,40,45-46H,23,39H2,1H3,(H,47,48,49);;. The lowest BCUT2D eigenvalue weighted by atomic mass is 10.1.